The van der Waals surface area contributed by atoms with Crippen LogP contribution in [-0.2, 0) is 0 Å². The number of imidazole rings is 1. The lowest BCUT2D eigenvalue weighted by Crippen LogP contribution is -2.11. The third kappa shape index (κ3) is 2.20. The first-order valence-corrected chi connectivity index (χ1v) is 6.61. The summed E-state index contributed by atoms with van der Waals surface area (Å²) in [5.41, 5.74) is 6.39. The lowest BCUT2D eigenvalue weighted by molar-refractivity contribution is 1.06. The van der Waals surface area contributed by atoms with Crippen molar-refractivity contribution in [1.82, 2.24) is 9.97 Å². The van der Waals surface area contributed by atoms with Gasteiger partial charge in [-0.2, -0.15) is 0 Å². The van der Waals surface area contributed by atoms with Gasteiger partial charge in [-0.1, -0.05) is 36.0 Å². The summed E-state index contributed by atoms with van der Waals surface area (Å²) in [5.74, 6) is 0.0887. The van der Waals surface area contributed by atoms with E-state index < -0.39 is 0 Å². The number of rotatable bonds is 3. The number of hydrogen-bond donors (Lipinski definition) is 3. The highest BCUT2D eigenvalue weighted by Gasteiger charge is 2.09. The van der Waals surface area contributed by atoms with Gasteiger partial charge in [0.25, 0.3) is 0 Å². The van der Waals surface area contributed by atoms with Crippen LogP contribution in [0.15, 0.2) is 58.8 Å². The van der Waals surface area contributed by atoms with Gasteiger partial charge in [0.2, 0.25) is 0 Å². The zero-order chi connectivity index (χ0) is 13.2. The Bertz CT molecular complexity index is 734. The van der Waals surface area contributed by atoms with Crippen molar-refractivity contribution >= 4 is 28.4 Å². The number of nitrogens with one attached hydrogen (secondary N) is 2. The molecule has 3 aromatic rings. The Morgan fingerprint density at radius 3 is 2.63 bits per heavy atom. The molecule has 0 atom stereocenters. The minimum atomic E-state index is 0.0887. The summed E-state index contributed by atoms with van der Waals surface area (Å²) < 4.78 is 0. The number of aromatic amines is 1. The van der Waals surface area contributed by atoms with Crippen molar-refractivity contribution in [2.45, 2.75) is 10.1 Å². The number of H-pyrrole nitrogens is 1. The van der Waals surface area contributed by atoms with Crippen LogP contribution in [0.2, 0.25) is 0 Å². The van der Waals surface area contributed by atoms with Crippen LogP contribution in [-0.4, -0.2) is 15.8 Å². The van der Waals surface area contributed by atoms with Gasteiger partial charge in [-0.15, -0.1) is 0 Å². The fourth-order valence-electron chi connectivity index (χ4n) is 2.01. The van der Waals surface area contributed by atoms with Crippen LogP contribution in [0.3, 0.4) is 0 Å². The fourth-order valence-corrected chi connectivity index (χ4v) is 2.88. The molecule has 0 unspecified atom stereocenters. The van der Waals surface area contributed by atoms with Gasteiger partial charge in [0.15, 0.2) is 5.16 Å². The van der Waals surface area contributed by atoms with E-state index in [-0.39, 0.29) is 5.84 Å². The van der Waals surface area contributed by atoms with Gasteiger partial charge in [-0.25, -0.2) is 4.98 Å². The largest absolute Gasteiger partial charge is 0.384 e. The molecule has 0 spiro atoms. The van der Waals surface area contributed by atoms with Gasteiger partial charge in [-0.05, 0) is 22.9 Å². The van der Waals surface area contributed by atoms with E-state index in [1.165, 1.54) is 0 Å². The topological polar surface area (TPSA) is 78.6 Å². The molecule has 0 saturated carbocycles. The Kier molecular flexibility index (Phi) is 2.97. The van der Waals surface area contributed by atoms with Crippen LogP contribution in [0.25, 0.3) is 10.8 Å². The number of nitrogens with zero attached hydrogens (tertiary/aromatic N) is 1. The van der Waals surface area contributed by atoms with Crippen molar-refractivity contribution in [2.75, 3.05) is 0 Å². The zero-order valence-electron chi connectivity index (χ0n) is 10.1. The van der Waals surface area contributed by atoms with Gasteiger partial charge in [-0.3, -0.25) is 5.41 Å². The molecule has 5 heteroatoms. The maximum absolute atomic E-state index is 7.64. The second kappa shape index (κ2) is 4.78. The molecule has 0 fully saturated rings. The number of fused-ring (bicyclic) bond motifs is 1. The van der Waals surface area contributed by atoms with E-state index in [0.717, 1.165) is 26.4 Å². The van der Waals surface area contributed by atoms with Crippen LogP contribution in [0.4, 0.5) is 0 Å². The lowest BCUT2D eigenvalue weighted by atomic mass is 10.0. The molecule has 1 aromatic heterocycles. The number of amidine groups is 1. The van der Waals surface area contributed by atoms with E-state index >= 15 is 0 Å². The number of hydrogen-bond acceptors (Lipinski definition) is 3. The first kappa shape index (κ1) is 11.8. The van der Waals surface area contributed by atoms with Crippen molar-refractivity contribution in [3.8, 4) is 0 Å². The van der Waals surface area contributed by atoms with Crippen molar-refractivity contribution in [2.24, 2.45) is 5.73 Å². The summed E-state index contributed by atoms with van der Waals surface area (Å²) in [6.07, 6.45) is 3.53. The molecular formula is C14H12N4S. The summed E-state index contributed by atoms with van der Waals surface area (Å²) >= 11 is 1.57. The van der Waals surface area contributed by atoms with Crippen LogP contribution in [0.1, 0.15) is 5.56 Å². The first-order valence-electron chi connectivity index (χ1n) is 5.79. The zero-order valence-corrected chi connectivity index (χ0v) is 10.9. The molecule has 4 nitrogen and oxygen atoms in total. The Balaban J connectivity index is 2.16. The molecule has 1 heterocycles. The van der Waals surface area contributed by atoms with E-state index in [1.807, 2.05) is 36.4 Å². The number of nitrogen functional groups attached to an aromatic ring is 1. The summed E-state index contributed by atoms with van der Waals surface area (Å²) in [6.45, 7) is 0. The minimum absolute atomic E-state index is 0.0887. The SMILES string of the molecule is N=C(N)c1ccc(Sc2ncc[nH]2)c2ccccc12. The van der Waals surface area contributed by atoms with Gasteiger partial charge < -0.3 is 10.7 Å². The maximum Gasteiger partial charge on any atom is 0.170 e. The smallest absolute Gasteiger partial charge is 0.170 e. The molecular weight excluding hydrogens is 256 g/mol. The van der Waals surface area contributed by atoms with Gasteiger partial charge in [0.05, 0.1) is 0 Å². The van der Waals surface area contributed by atoms with E-state index in [0.29, 0.717) is 0 Å². The third-order valence-electron chi connectivity index (χ3n) is 2.85. The van der Waals surface area contributed by atoms with Gasteiger partial charge in [0.1, 0.15) is 5.84 Å². The van der Waals surface area contributed by atoms with E-state index in [1.54, 1.807) is 24.2 Å². The average Bonchev–Trinajstić information content (AvgIpc) is 2.91. The second-order valence-electron chi connectivity index (χ2n) is 4.07. The Morgan fingerprint density at radius 1 is 1.16 bits per heavy atom. The number of nitrogens with two attached hydrogens (primary N) is 1. The van der Waals surface area contributed by atoms with Gasteiger partial charge in [0, 0.05) is 22.9 Å². The molecule has 0 saturated heterocycles. The summed E-state index contributed by atoms with van der Waals surface area (Å²) in [6, 6.07) is 11.8. The van der Waals surface area contributed by atoms with Crippen LogP contribution in [0.5, 0.6) is 0 Å². The van der Waals surface area contributed by atoms with E-state index in [2.05, 4.69) is 9.97 Å². The molecule has 0 aliphatic heterocycles. The molecule has 2 aromatic carbocycles. The number of benzene rings is 2. The van der Waals surface area contributed by atoms with Gasteiger partial charge >= 0.3 is 0 Å². The second-order valence-corrected chi connectivity index (χ2v) is 5.10. The van der Waals surface area contributed by atoms with Crippen molar-refractivity contribution in [3.05, 3.63) is 54.4 Å². The highest BCUT2D eigenvalue weighted by Crippen LogP contribution is 2.33. The fraction of sp³-hybridized carbons (Fsp3) is 0. The highest BCUT2D eigenvalue weighted by atomic mass is 32.2. The third-order valence-corrected chi connectivity index (χ3v) is 3.85. The molecule has 4 N–H and O–H groups in total. The predicted octanol–water partition coefficient (Wildman–Crippen LogP) is 3.00. The molecule has 19 heavy (non-hydrogen) atoms. The monoisotopic (exact) mass is 268 g/mol. The van der Waals surface area contributed by atoms with E-state index in [4.69, 9.17) is 11.1 Å². The summed E-state index contributed by atoms with van der Waals surface area (Å²) in [7, 11) is 0. The predicted molar refractivity (Wildman–Crippen MR) is 77.7 cm³/mol. The standard InChI is InChI=1S/C14H12N4S/c15-13(16)11-5-6-12(19-14-17-7-8-18-14)10-4-2-1-3-9(10)11/h1-8H,(H3,15,16)(H,17,18). The number of aromatic nitrogens is 2. The molecule has 3 rings (SSSR count). The van der Waals surface area contributed by atoms with Crippen LogP contribution < -0.4 is 5.73 Å². The molecule has 0 aliphatic rings. The van der Waals surface area contributed by atoms with Crippen molar-refractivity contribution < 1.29 is 0 Å². The van der Waals surface area contributed by atoms with E-state index in [9.17, 15) is 0 Å². The highest BCUT2D eigenvalue weighted by molar-refractivity contribution is 7.99. The van der Waals surface area contributed by atoms with Crippen LogP contribution in [0, 0.1) is 5.41 Å². The molecule has 0 amide bonds. The average molecular weight is 268 g/mol. The molecule has 94 valence electrons. The summed E-state index contributed by atoms with van der Waals surface area (Å²) in [4.78, 5) is 8.38. The summed E-state index contributed by atoms with van der Waals surface area (Å²) in [5, 5.41) is 10.6. The lowest BCUT2D eigenvalue weighted by Gasteiger charge is -2.09. The normalized spacial score (nSPS) is 10.7. The molecule has 0 bridgehead atoms. The maximum atomic E-state index is 7.64. The minimum Gasteiger partial charge on any atom is -0.384 e. The molecule has 0 aliphatic carbocycles. The van der Waals surface area contributed by atoms with Crippen LogP contribution >= 0.6 is 11.8 Å². The Hall–Kier alpha value is -2.27. The Labute approximate surface area is 114 Å². The molecule has 0 radical (unpaired) electrons. The first-order chi connectivity index (χ1) is 9.25. The Morgan fingerprint density at radius 2 is 1.95 bits per heavy atom. The van der Waals surface area contributed by atoms with Crippen molar-refractivity contribution in [1.29, 1.82) is 5.41 Å². The quantitative estimate of drug-likeness (QED) is 0.504. The van der Waals surface area contributed by atoms with Crippen molar-refractivity contribution in [3.63, 3.8) is 0 Å².